The number of rotatable bonds is 6. The number of aliphatic carboxylic acids is 1. The molecule has 0 aliphatic heterocycles. The van der Waals surface area contributed by atoms with Gasteiger partial charge in [-0.3, -0.25) is 0 Å². The van der Waals surface area contributed by atoms with Gasteiger partial charge in [0.25, 0.3) is 0 Å². The summed E-state index contributed by atoms with van der Waals surface area (Å²) in [4.78, 5) is 10.4. The lowest BCUT2D eigenvalue weighted by Crippen LogP contribution is -2.14. The van der Waals surface area contributed by atoms with Crippen molar-refractivity contribution in [3.05, 3.63) is 47.8 Å². The minimum absolute atomic E-state index is 0.173. The van der Waals surface area contributed by atoms with Gasteiger partial charge in [0.05, 0.1) is 0 Å². The van der Waals surface area contributed by atoms with Gasteiger partial charge in [-0.25, -0.2) is 9.18 Å². The molecule has 114 valence electrons. The molecule has 1 fully saturated rings. The average Bonchev–Trinajstić information content (AvgIpc) is 2.48. The monoisotopic (exact) mass is 290 g/mol. The van der Waals surface area contributed by atoms with Crippen LogP contribution in [0.2, 0.25) is 0 Å². The first-order valence-electron chi connectivity index (χ1n) is 7.77. The molecule has 2 nitrogen and oxygen atoms in total. The summed E-state index contributed by atoms with van der Waals surface area (Å²) in [6.07, 6.45) is 11.0. The molecular formula is C18H23FO2. The zero-order valence-corrected chi connectivity index (χ0v) is 12.3. The summed E-state index contributed by atoms with van der Waals surface area (Å²) < 4.78 is 12.8. The van der Waals surface area contributed by atoms with Crippen LogP contribution in [0.1, 0.15) is 44.1 Å². The van der Waals surface area contributed by atoms with Crippen molar-refractivity contribution in [3.63, 3.8) is 0 Å². The van der Waals surface area contributed by atoms with Crippen molar-refractivity contribution in [1.29, 1.82) is 0 Å². The van der Waals surface area contributed by atoms with Crippen molar-refractivity contribution in [3.8, 4) is 0 Å². The van der Waals surface area contributed by atoms with Crippen molar-refractivity contribution in [2.24, 2.45) is 11.8 Å². The van der Waals surface area contributed by atoms with E-state index in [1.807, 2.05) is 12.1 Å². The average molecular weight is 290 g/mol. The Hall–Kier alpha value is -1.64. The van der Waals surface area contributed by atoms with Crippen LogP contribution >= 0.6 is 0 Å². The molecule has 3 heteroatoms. The third kappa shape index (κ3) is 5.70. The third-order valence-electron chi connectivity index (χ3n) is 4.45. The van der Waals surface area contributed by atoms with Crippen LogP contribution in [0.4, 0.5) is 4.39 Å². The molecule has 1 aromatic rings. The quantitative estimate of drug-likeness (QED) is 0.778. The fourth-order valence-corrected chi connectivity index (χ4v) is 3.14. The molecule has 0 spiro atoms. The summed E-state index contributed by atoms with van der Waals surface area (Å²) in [7, 11) is 0. The Kier molecular flexibility index (Phi) is 5.97. The molecule has 0 amide bonds. The van der Waals surface area contributed by atoms with Crippen LogP contribution in [0.25, 0.3) is 0 Å². The first kappa shape index (κ1) is 15.7. The summed E-state index contributed by atoms with van der Waals surface area (Å²) in [5, 5.41) is 8.57. The molecule has 0 radical (unpaired) electrons. The van der Waals surface area contributed by atoms with E-state index >= 15 is 0 Å². The van der Waals surface area contributed by atoms with E-state index in [2.05, 4.69) is 0 Å². The van der Waals surface area contributed by atoms with E-state index < -0.39 is 5.97 Å². The number of carboxylic acids is 1. The number of hydrogen-bond donors (Lipinski definition) is 1. The van der Waals surface area contributed by atoms with E-state index in [1.54, 1.807) is 6.08 Å². The maximum absolute atomic E-state index is 12.8. The highest BCUT2D eigenvalue weighted by Crippen LogP contribution is 2.33. The van der Waals surface area contributed by atoms with Crippen LogP contribution in [0.3, 0.4) is 0 Å². The van der Waals surface area contributed by atoms with Crippen LogP contribution in [0.15, 0.2) is 36.4 Å². The first-order valence-corrected chi connectivity index (χ1v) is 7.77. The van der Waals surface area contributed by atoms with E-state index in [-0.39, 0.29) is 5.82 Å². The van der Waals surface area contributed by atoms with Crippen molar-refractivity contribution < 1.29 is 14.3 Å². The number of hydrogen-bond acceptors (Lipinski definition) is 1. The summed E-state index contributed by atoms with van der Waals surface area (Å²) in [5.74, 6) is 0.370. The van der Waals surface area contributed by atoms with Crippen molar-refractivity contribution >= 4 is 5.97 Å². The predicted molar refractivity (Wildman–Crippen MR) is 81.6 cm³/mol. The molecule has 0 heterocycles. The first-order chi connectivity index (χ1) is 10.1. The second-order valence-electron chi connectivity index (χ2n) is 6.03. The summed E-state index contributed by atoms with van der Waals surface area (Å²) >= 11 is 0. The number of carboxylic acid groups (broad SMARTS) is 1. The van der Waals surface area contributed by atoms with Gasteiger partial charge in [0, 0.05) is 6.08 Å². The fourth-order valence-electron chi connectivity index (χ4n) is 3.14. The third-order valence-corrected chi connectivity index (χ3v) is 4.45. The van der Waals surface area contributed by atoms with Gasteiger partial charge >= 0.3 is 5.97 Å². The van der Waals surface area contributed by atoms with Gasteiger partial charge in [0.15, 0.2) is 0 Å². The SMILES string of the molecule is O=C(O)/C=C/CC1CCC(CCc2ccc(F)cc2)CC1. The molecule has 1 N–H and O–H groups in total. The van der Waals surface area contributed by atoms with Crippen LogP contribution in [-0.4, -0.2) is 11.1 Å². The molecule has 0 unspecified atom stereocenters. The number of carbonyl (C=O) groups is 1. The molecule has 0 saturated heterocycles. The van der Waals surface area contributed by atoms with Crippen molar-refractivity contribution in [2.45, 2.75) is 44.9 Å². The van der Waals surface area contributed by atoms with Gasteiger partial charge in [-0.15, -0.1) is 0 Å². The number of allylic oxidation sites excluding steroid dienone is 1. The Balaban J connectivity index is 1.67. The zero-order chi connectivity index (χ0) is 15.1. The summed E-state index contributed by atoms with van der Waals surface area (Å²) in [6, 6.07) is 6.80. The molecule has 1 aliphatic rings. The molecule has 1 saturated carbocycles. The summed E-state index contributed by atoms with van der Waals surface area (Å²) in [6.45, 7) is 0. The van der Waals surface area contributed by atoms with Crippen LogP contribution in [0.5, 0.6) is 0 Å². The molecule has 0 aromatic heterocycles. The number of halogens is 1. The smallest absolute Gasteiger partial charge is 0.327 e. The Labute approximate surface area is 125 Å². The maximum Gasteiger partial charge on any atom is 0.327 e. The van der Waals surface area contributed by atoms with Gasteiger partial charge in [-0.2, -0.15) is 0 Å². The van der Waals surface area contributed by atoms with Crippen LogP contribution in [0, 0.1) is 17.7 Å². The van der Waals surface area contributed by atoms with Gasteiger partial charge in [-0.1, -0.05) is 31.1 Å². The van der Waals surface area contributed by atoms with Gasteiger partial charge < -0.3 is 5.11 Å². The molecule has 21 heavy (non-hydrogen) atoms. The van der Waals surface area contributed by atoms with Crippen molar-refractivity contribution in [2.75, 3.05) is 0 Å². The lowest BCUT2D eigenvalue weighted by molar-refractivity contribution is -0.131. The van der Waals surface area contributed by atoms with Gasteiger partial charge in [0.2, 0.25) is 0 Å². The van der Waals surface area contributed by atoms with Gasteiger partial charge in [0.1, 0.15) is 5.82 Å². The predicted octanol–water partition coefficient (Wildman–Crippen LogP) is 4.60. The molecule has 0 atom stereocenters. The molecule has 1 aliphatic carbocycles. The Morgan fingerprint density at radius 1 is 1.14 bits per heavy atom. The Morgan fingerprint density at radius 3 is 2.38 bits per heavy atom. The second kappa shape index (κ2) is 7.96. The lowest BCUT2D eigenvalue weighted by atomic mass is 9.78. The van der Waals surface area contributed by atoms with Crippen LogP contribution in [-0.2, 0) is 11.2 Å². The summed E-state index contributed by atoms with van der Waals surface area (Å²) in [5.41, 5.74) is 1.21. The Bertz CT molecular complexity index is 470. The topological polar surface area (TPSA) is 37.3 Å². The standard InChI is InChI=1S/C18H23FO2/c19-17-12-10-16(11-13-17)9-8-15-6-4-14(5-7-15)2-1-3-18(20)21/h1,3,10-15H,2,4-9H2,(H,20,21)/b3-1+. The highest BCUT2D eigenvalue weighted by atomic mass is 19.1. The van der Waals surface area contributed by atoms with E-state index in [0.29, 0.717) is 5.92 Å². The number of benzene rings is 1. The van der Waals surface area contributed by atoms with Crippen molar-refractivity contribution in [1.82, 2.24) is 0 Å². The molecule has 1 aromatic carbocycles. The molecule has 2 rings (SSSR count). The van der Waals surface area contributed by atoms with E-state index in [1.165, 1.54) is 55.9 Å². The van der Waals surface area contributed by atoms with E-state index in [9.17, 15) is 9.18 Å². The second-order valence-corrected chi connectivity index (χ2v) is 6.03. The highest BCUT2D eigenvalue weighted by molar-refractivity contribution is 5.79. The molecular weight excluding hydrogens is 267 g/mol. The zero-order valence-electron chi connectivity index (χ0n) is 12.3. The number of aryl methyl sites for hydroxylation is 1. The van der Waals surface area contributed by atoms with E-state index in [4.69, 9.17) is 5.11 Å². The molecule has 0 bridgehead atoms. The normalized spacial score (nSPS) is 22.5. The minimum Gasteiger partial charge on any atom is -0.478 e. The minimum atomic E-state index is -0.858. The largest absolute Gasteiger partial charge is 0.478 e. The van der Waals surface area contributed by atoms with Crippen LogP contribution < -0.4 is 0 Å². The Morgan fingerprint density at radius 2 is 1.76 bits per heavy atom. The lowest BCUT2D eigenvalue weighted by Gasteiger charge is -2.27. The highest BCUT2D eigenvalue weighted by Gasteiger charge is 2.20. The van der Waals surface area contributed by atoms with E-state index in [0.717, 1.165) is 18.8 Å². The maximum atomic E-state index is 12.8. The fraction of sp³-hybridized carbons (Fsp3) is 0.500. The van der Waals surface area contributed by atoms with Gasteiger partial charge in [-0.05, 0) is 61.6 Å².